The SMILES string of the molecule is CCn1nc(C(=O)N2CCC(CF)(C(=O)O)C2)c2ccccc2c1=O. The van der Waals surface area contributed by atoms with Crippen molar-refractivity contribution >= 4 is 22.6 Å². The molecule has 0 saturated carbocycles. The fourth-order valence-electron chi connectivity index (χ4n) is 3.14. The second-order valence-electron chi connectivity index (χ2n) is 6.21. The molecule has 1 aromatic heterocycles. The summed E-state index contributed by atoms with van der Waals surface area (Å²) in [6.45, 7) is 0.934. The normalized spacial score (nSPS) is 20.2. The molecule has 1 saturated heterocycles. The highest BCUT2D eigenvalue weighted by Gasteiger charge is 2.47. The summed E-state index contributed by atoms with van der Waals surface area (Å²) >= 11 is 0. The quantitative estimate of drug-likeness (QED) is 0.900. The number of hydrogen-bond acceptors (Lipinski definition) is 4. The molecule has 0 bridgehead atoms. The first-order valence-corrected chi connectivity index (χ1v) is 8.02. The molecule has 8 heteroatoms. The minimum atomic E-state index is -1.56. The zero-order valence-electron chi connectivity index (χ0n) is 13.7. The summed E-state index contributed by atoms with van der Waals surface area (Å²) in [7, 11) is 0. The summed E-state index contributed by atoms with van der Waals surface area (Å²) in [6.07, 6.45) is 0.0515. The van der Waals surface area contributed by atoms with Crippen LogP contribution in [0.3, 0.4) is 0 Å². The number of likely N-dealkylation sites (tertiary alicyclic amines) is 1. The van der Waals surface area contributed by atoms with Gasteiger partial charge in [0.25, 0.3) is 11.5 Å². The number of carbonyl (C=O) groups is 2. The standard InChI is InChI=1S/C17H18FN3O4/c1-2-21-14(22)12-6-4-3-5-11(12)13(19-21)15(23)20-8-7-17(9-18,10-20)16(24)25/h3-6H,2,7-10H2,1H3,(H,24,25). The van der Waals surface area contributed by atoms with E-state index in [4.69, 9.17) is 0 Å². The average molecular weight is 347 g/mol. The van der Waals surface area contributed by atoms with E-state index >= 15 is 0 Å². The summed E-state index contributed by atoms with van der Waals surface area (Å²) in [4.78, 5) is 37.9. The molecule has 0 spiro atoms. The Bertz CT molecular complexity index is 910. The van der Waals surface area contributed by atoms with Crippen molar-refractivity contribution in [3.8, 4) is 0 Å². The minimum Gasteiger partial charge on any atom is -0.481 e. The third kappa shape index (κ3) is 2.67. The highest BCUT2D eigenvalue weighted by atomic mass is 19.1. The number of amides is 1. The lowest BCUT2D eigenvalue weighted by Gasteiger charge is -2.21. The van der Waals surface area contributed by atoms with Crippen molar-refractivity contribution in [1.29, 1.82) is 0 Å². The van der Waals surface area contributed by atoms with Crippen LogP contribution in [-0.4, -0.2) is 51.4 Å². The molecule has 2 heterocycles. The molecule has 1 fully saturated rings. The van der Waals surface area contributed by atoms with E-state index in [2.05, 4.69) is 5.10 Å². The monoisotopic (exact) mass is 347 g/mol. The molecular formula is C17H18FN3O4. The Labute approximate surface area is 142 Å². The number of aryl methyl sites for hydroxylation is 1. The zero-order chi connectivity index (χ0) is 18.2. The lowest BCUT2D eigenvalue weighted by Crippen LogP contribution is -2.39. The molecule has 1 aromatic carbocycles. The molecule has 1 unspecified atom stereocenters. The van der Waals surface area contributed by atoms with Crippen LogP contribution in [0.25, 0.3) is 10.8 Å². The van der Waals surface area contributed by atoms with Gasteiger partial charge in [-0.3, -0.25) is 14.4 Å². The number of carboxylic acid groups (broad SMARTS) is 1. The van der Waals surface area contributed by atoms with Gasteiger partial charge in [0.15, 0.2) is 5.69 Å². The predicted octanol–water partition coefficient (Wildman–Crippen LogP) is 1.30. The Morgan fingerprint density at radius 3 is 2.56 bits per heavy atom. The van der Waals surface area contributed by atoms with E-state index in [-0.39, 0.29) is 30.8 Å². The van der Waals surface area contributed by atoms with Crippen molar-refractivity contribution in [1.82, 2.24) is 14.7 Å². The number of aromatic nitrogens is 2. The van der Waals surface area contributed by atoms with Crippen LogP contribution in [0.15, 0.2) is 29.1 Å². The first kappa shape index (κ1) is 17.1. The lowest BCUT2D eigenvalue weighted by molar-refractivity contribution is -0.149. The van der Waals surface area contributed by atoms with Crippen molar-refractivity contribution < 1.29 is 19.1 Å². The van der Waals surface area contributed by atoms with E-state index in [1.165, 1.54) is 9.58 Å². The van der Waals surface area contributed by atoms with Gasteiger partial charge in [0, 0.05) is 25.0 Å². The van der Waals surface area contributed by atoms with Crippen LogP contribution in [0, 0.1) is 5.41 Å². The lowest BCUT2D eigenvalue weighted by atomic mass is 9.89. The van der Waals surface area contributed by atoms with Crippen LogP contribution in [-0.2, 0) is 11.3 Å². The van der Waals surface area contributed by atoms with Gasteiger partial charge in [0.05, 0.1) is 5.39 Å². The second kappa shape index (κ2) is 6.27. The van der Waals surface area contributed by atoms with E-state index < -0.39 is 24.0 Å². The summed E-state index contributed by atoms with van der Waals surface area (Å²) < 4.78 is 14.5. The molecule has 1 aliphatic heterocycles. The summed E-state index contributed by atoms with van der Waals surface area (Å²) in [5.41, 5.74) is -1.78. The van der Waals surface area contributed by atoms with Gasteiger partial charge in [-0.25, -0.2) is 9.07 Å². The number of alkyl halides is 1. The molecule has 25 heavy (non-hydrogen) atoms. The number of carbonyl (C=O) groups excluding carboxylic acids is 1. The molecular weight excluding hydrogens is 329 g/mol. The smallest absolute Gasteiger partial charge is 0.314 e. The van der Waals surface area contributed by atoms with Crippen LogP contribution in [0.4, 0.5) is 4.39 Å². The van der Waals surface area contributed by atoms with E-state index in [1.54, 1.807) is 31.2 Å². The molecule has 3 rings (SSSR count). The molecule has 1 N–H and O–H groups in total. The maximum atomic E-state index is 13.3. The molecule has 7 nitrogen and oxygen atoms in total. The number of hydrogen-bond donors (Lipinski definition) is 1. The average Bonchev–Trinajstić information content (AvgIpc) is 3.08. The fraction of sp³-hybridized carbons (Fsp3) is 0.412. The number of rotatable bonds is 4. The van der Waals surface area contributed by atoms with Crippen LogP contribution < -0.4 is 5.56 Å². The predicted molar refractivity (Wildman–Crippen MR) is 88.2 cm³/mol. The van der Waals surface area contributed by atoms with Gasteiger partial charge in [-0.2, -0.15) is 5.10 Å². The Morgan fingerprint density at radius 2 is 2.00 bits per heavy atom. The molecule has 1 aliphatic rings. The first-order chi connectivity index (χ1) is 11.9. The summed E-state index contributed by atoms with van der Waals surface area (Å²) in [5.74, 6) is -1.74. The maximum absolute atomic E-state index is 13.3. The van der Waals surface area contributed by atoms with Crippen molar-refractivity contribution in [2.45, 2.75) is 19.9 Å². The Kier molecular flexibility index (Phi) is 4.28. The van der Waals surface area contributed by atoms with E-state index in [1.807, 2.05) is 0 Å². The summed E-state index contributed by atoms with van der Waals surface area (Å²) in [5, 5.41) is 14.2. The second-order valence-corrected chi connectivity index (χ2v) is 6.21. The van der Waals surface area contributed by atoms with Crippen LogP contribution >= 0.6 is 0 Å². The van der Waals surface area contributed by atoms with E-state index in [0.717, 1.165) is 0 Å². The zero-order valence-corrected chi connectivity index (χ0v) is 13.7. The molecule has 1 atom stereocenters. The first-order valence-electron chi connectivity index (χ1n) is 8.02. The third-order valence-electron chi connectivity index (χ3n) is 4.72. The van der Waals surface area contributed by atoms with Gasteiger partial charge < -0.3 is 10.0 Å². The van der Waals surface area contributed by atoms with Gasteiger partial charge in [0.1, 0.15) is 12.1 Å². The number of aliphatic carboxylic acids is 1. The molecule has 132 valence electrons. The fourth-order valence-corrected chi connectivity index (χ4v) is 3.14. The summed E-state index contributed by atoms with van der Waals surface area (Å²) in [6, 6.07) is 6.65. The van der Waals surface area contributed by atoms with Crippen LogP contribution in [0.1, 0.15) is 23.8 Å². The van der Waals surface area contributed by atoms with Crippen molar-refractivity contribution in [2.75, 3.05) is 19.8 Å². The number of nitrogens with zero attached hydrogens (tertiary/aromatic N) is 3. The maximum Gasteiger partial charge on any atom is 0.314 e. The number of halogens is 1. The minimum absolute atomic E-state index is 0.0515. The van der Waals surface area contributed by atoms with Gasteiger partial charge >= 0.3 is 5.97 Å². The van der Waals surface area contributed by atoms with Crippen molar-refractivity contribution in [3.05, 3.63) is 40.3 Å². The molecule has 1 amide bonds. The van der Waals surface area contributed by atoms with E-state index in [0.29, 0.717) is 17.3 Å². The van der Waals surface area contributed by atoms with Crippen LogP contribution in [0.5, 0.6) is 0 Å². The van der Waals surface area contributed by atoms with Gasteiger partial charge in [-0.1, -0.05) is 18.2 Å². The molecule has 2 aromatic rings. The topological polar surface area (TPSA) is 92.5 Å². The van der Waals surface area contributed by atoms with Crippen molar-refractivity contribution in [2.24, 2.45) is 5.41 Å². The highest BCUT2D eigenvalue weighted by molar-refractivity contribution is 6.05. The van der Waals surface area contributed by atoms with E-state index in [9.17, 15) is 23.9 Å². The van der Waals surface area contributed by atoms with Gasteiger partial charge in [-0.05, 0) is 19.4 Å². The van der Waals surface area contributed by atoms with Crippen LogP contribution in [0.2, 0.25) is 0 Å². The van der Waals surface area contributed by atoms with Gasteiger partial charge in [0.2, 0.25) is 0 Å². The molecule has 0 aliphatic carbocycles. The number of benzene rings is 1. The Morgan fingerprint density at radius 1 is 1.32 bits per heavy atom. The molecule has 0 radical (unpaired) electrons. The third-order valence-corrected chi connectivity index (χ3v) is 4.72. The van der Waals surface area contributed by atoms with Gasteiger partial charge in [-0.15, -0.1) is 0 Å². The number of carboxylic acids is 1. The Hall–Kier alpha value is -2.77. The largest absolute Gasteiger partial charge is 0.481 e. The Balaban J connectivity index is 2.05. The highest BCUT2D eigenvalue weighted by Crippen LogP contribution is 2.32. The number of fused-ring (bicyclic) bond motifs is 1. The van der Waals surface area contributed by atoms with Crippen molar-refractivity contribution in [3.63, 3.8) is 0 Å².